The summed E-state index contributed by atoms with van der Waals surface area (Å²) in [5.74, 6) is -0.664. The largest absolute Gasteiger partial charge is 0.481 e. The van der Waals surface area contributed by atoms with E-state index < -0.39 is 5.97 Å². The molecule has 0 aromatic rings. The minimum Gasteiger partial charge on any atom is -0.481 e. The Balaban J connectivity index is 0.000000797. The average Bonchev–Trinajstić information content (AvgIpc) is 3.19. The van der Waals surface area contributed by atoms with Gasteiger partial charge in [-0.3, -0.25) is 4.79 Å². The van der Waals surface area contributed by atoms with Gasteiger partial charge in [-0.15, -0.1) is 0 Å². The fraction of sp³-hybridized carbons (Fsp3) is 0.826. The van der Waals surface area contributed by atoms with Crippen LogP contribution in [0.5, 0.6) is 0 Å². The van der Waals surface area contributed by atoms with Gasteiger partial charge in [0.15, 0.2) is 0 Å². The Bertz CT molecular complexity index is 359. The Hall–Kier alpha value is -1.16. The van der Waals surface area contributed by atoms with Crippen molar-refractivity contribution in [2.75, 3.05) is 6.61 Å². The Morgan fingerprint density at radius 3 is 1.93 bits per heavy atom. The number of allylic oxidation sites excluding steroid dienone is 2. The number of rotatable bonds is 16. The second-order valence-electron chi connectivity index (χ2n) is 7.42. The maximum absolute atomic E-state index is 10.3. The molecule has 1 saturated heterocycles. The molecule has 0 spiro atoms. The zero-order valence-corrected chi connectivity index (χ0v) is 17.5. The molecule has 4 nitrogen and oxygen atoms in total. The number of hydrogen-bond acceptors (Lipinski definition) is 3. The first-order chi connectivity index (χ1) is 13.2. The highest BCUT2D eigenvalue weighted by Gasteiger charge is 2.12. The van der Waals surface area contributed by atoms with Gasteiger partial charge in [-0.05, 0) is 44.9 Å². The minimum atomic E-state index is -0.664. The molecule has 1 atom stereocenters. The monoisotopic (exact) mass is 382 g/mol. The number of aldehydes is 1. The van der Waals surface area contributed by atoms with Gasteiger partial charge in [0, 0.05) is 13.0 Å². The maximum Gasteiger partial charge on any atom is 0.303 e. The average molecular weight is 383 g/mol. The number of ether oxygens (including phenoxy) is 1. The summed E-state index contributed by atoms with van der Waals surface area (Å²) >= 11 is 0. The maximum atomic E-state index is 10.3. The summed E-state index contributed by atoms with van der Waals surface area (Å²) in [4.78, 5) is 20.2. The summed E-state index contributed by atoms with van der Waals surface area (Å²) in [6, 6.07) is 0. The second kappa shape index (κ2) is 21.1. The first-order valence-corrected chi connectivity index (χ1v) is 11.1. The molecule has 0 amide bonds. The van der Waals surface area contributed by atoms with Crippen molar-refractivity contribution in [1.82, 2.24) is 0 Å². The van der Waals surface area contributed by atoms with E-state index >= 15 is 0 Å². The number of carboxylic acids is 1. The molecule has 1 fully saturated rings. The third kappa shape index (κ3) is 21.0. The Morgan fingerprint density at radius 1 is 0.926 bits per heavy atom. The molecule has 1 N–H and O–H groups in total. The predicted octanol–water partition coefficient (Wildman–Crippen LogP) is 6.47. The van der Waals surface area contributed by atoms with Crippen molar-refractivity contribution in [3.05, 3.63) is 12.2 Å². The van der Waals surface area contributed by atoms with Gasteiger partial charge in [-0.1, -0.05) is 70.4 Å². The van der Waals surface area contributed by atoms with Crippen LogP contribution in [0.2, 0.25) is 0 Å². The van der Waals surface area contributed by atoms with Crippen LogP contribution in [0.4, 0.5) is 0 Å². The number of carbonyl (C=O) groups is 2. The van der Waals surface area contributed by atoms with Crippen molar-refractivity contribution < 1.29 is 19.4 Å². The fourth-order valence-electron chi connectivity index (χ4n) is 3.06. The molecular formula is C23H42O4. The molecule has 1 heterocycles. The molecule has 1 unspecified atom stereocenters. The highest BCUT2D eigenvalue weighted by atomic mass is 16.5. The first-order valence-electron chi connectivity index (χ1n) is 11.1. The van der Waals surface area contributed by atoms with Crippen molar-refractivity contribution in [3.8, 4) is 0 Å². The van der Waals surface area contributed by atoms with E-state index in [1.54, 1.807) is 0 Å². The Morgan fingerprint density at radius 2 is 1.48 bits per heavy atom. The number of carboxylic acid groups (broad SMARTS) is 1. The highest BCUT2D eigenvalue weighted by Crippen LogP contribution is 2.10. The van der Waals surface area contributed by atoms with E-state index in [-0.39, 0.29) is 6.10 Å². The van der Waals surface area contributed by atoms with Gasteiger partial charge in [-0.2, -0.15) is 0 Å². The topological polar surface area (TPSA) is 63.6 Å². The second-order valence-corrected chi connectivity index (χ2v) is 7.42. The summed E-state index contributed by atoms with van der Waals surface area (Å²) in [7, 11) is 0. The fourth-order valence-corrected chi connectivity index (χ4v) is 3.06. The van der Waals surface area contributed by atoms with Crippen LogP contribution >= 0.6 is 0 Å². The molecule has 4 heteroatoms. The van der Waals surface area contributed by atoms with Crippen LogP contribution in [0.25, 0.3) is 0 Å². The molecule has 0 radical (unpaired) electrons. The lowest BCUT2D eigenvalue weighted by molar-refractivity contribution is -0.137. The zero-order chi connectivity index (χ0) is 20.0. The summed E-state index contributed by atoms with van der Waals surface area (Å²) in [5, 5.41) is 8.51. The number of unbranched alkanes of at least 4 members (excludes halogenated alkanes) is 11. The molecule has 0 saturated carbocycles. The van der Waals surface area contributed by atoms with Crippen LogP contribution in [-0.4, -0.2) is 30.1 Å². The molecule has 0 aliphatic carbocycles. The van der Waals surface area contributed by atoms with Crippen LogP contribution in [0, 0.1) is 0 Å². The van der Waals surface area contributed by atoms with Gasteiger partial charge in [0.05, 0.1) is 0 Å². The molecular weight excluding hydrogens is 340 g/mol. The Kier molecular flexibility index (Phi) is 20.2. The summed E-state index contributed by atoms with van der Waals surface area (Å²) < 4.78 is 4.93. The van der Waals surface area contributed by atoms with Gasteiger partial charge in [-0.25, -0.2) is 0 Å². The highest BCUT2D eigenvalue weighted by molar-refractivity contribution is 5.66. The predicted molar refractivity (Wildman–Crippen MR) is 112 cm³/mol. The lowest BCUT2D eigenvalue weighted by atomic mass is 10.1. The van der Waals surface area contributed by atoms with E-state index in [1.165, 1.54) is 70.6 Å². The molecule has 27 heavy (non-hydrogen) atoms. The van der Waals surface area contributed by atoms with E-state index in [0.717, 1.165) is 38.6 Å². The van der Waals surface area contributed by atoms with Crippen LogP contribution in [0.3, 0.4) is 0 Å². The van der Waals surface area contributed by atoms with Crippen LogP contribution < -0.4 is 0 Å². The van der Waals surface area contributed by atoms with E-state index in [0.29, 0.717) is 6.42 Å². The molecule has 0 bridgehead atoms. The third-order valence-electron chi connectivity index (χ3n) is 4.77. The van der Waals surface area contributed by atoms with Crippen molar-refractivity contribution >= 4 is 12.3 Å². The van der Waals surface area contributed by atoms with Crippen molar-refractivity contribution in [2.45, 2.75) is 116 Å². The van der Waals surface area contributed by atoms with Crippen LogP contribution in [-0.2, 0) is 14.3 Å². The van der Waals surface area contributed by atoms with E-state index in [1.807, 2.05) is 0 Å². The van der Waals surface area contributed by atoms with E-state index in [2.05, 4.69) is 19.1 Å². The molecule has 158 valence electrons. The molecule has 0 aromatic carbocycles. The number of aliphatic carboxylic acids is 1. The lowest BCUT2D eigenvalue weighted by Gasteiger charge is -1.99. The smallest absolute Gasteiger partial charge is 0.303 e. The molecule has 0 aromatic heterocycles. The lowest BCUT2D eigenvalue weighted by Crippen LogP contribution is -2.04. The molecule has 1 aliphatic heterocycles. The summed E-state index contributed by atoms with van der Waals surface area (Å²) in [5.41, 5.74) is 0. The van der Waals surface area contributed by atoms with Gasteiger partial charge >= 0.3 is 5.97 Å². The van der Waals surface area contributed by atoms with Gasteiger partial charge in [0.1, 0.15) is 12.4 Å². The standard InChI is InChI=1S/C18H34O2.C5H8O2/c1-2-3-4-5-6-7-8-9-10-11-12-13-14-15-16-17-18(19)20;6-4-5-2-1-3-7-5/h9-10H,2-8,11-17H2,1H3,(H,19,20);4-5H,1-3H2/b10-9-;. The summed E-state index contributed by atoms with van der Waals surface area (Å²) in [6.07, 6.45) is 24.0. The van der Waals surface area contributed by atoms with Crippen molar-refractivity contribution in [3.63, 3.8) is 0 Å². The normalized spacial score (nSPS) is 16.3. The van der Waals surface area contributed by atoms with Crippen molar-refractivity contribution in [1.29, 1.82) is 0 Å². The van der Waals surface area contributed by atoms with E-state index in [4.69, 9.17) is 9.84 Å². The van der Waals surface area contributed by atoms with Crippen molar-refractivity contribution in [2.24, 2.45) is 0 Å². The van der Waals surface area contributed by atoms with Gasteiger partial charge in [0.2, 0.25) is 0 Å². The number of carbonyl (C=O) groups excluding carboxylic acids is 1. The first kappa shape index (κ1) is 25.8. The third-order valence-corrected chi connectivity index (χ3v) is 4.77. The van der Waals surface area contributed by atoms with Gasteiger partial charge < -0.3 is 14.6 Å². The van der Waals surface area contributed by atoms with E-state index in [9.17, 15) is 9.59 Å². The van der Waals surface area contributed by atoms with Gasteiger partial charge in [0.25, 0.3) is 0 Å². The molecule has 1 rings (SSSR count). The molecule has 1 aliphatic rings. The van der Waals surface area contributed by atoms with Crippen LogP contribution in [0.1, 0.15) is 110 Å². The number of hydrogen-bond donors (Lipinski definition) is 1. The van der Waals surface area contributed by atoms with Crippen LogP contribution in [0.15, 0.2) is 12.2 Å². The minimum absolute atomic E-state index is 0.0833. The quantitative estimate of drug-likeness (QED) is 0.189. The SMILES string of the molecule is CCCCCCCC/C=C\CCCCCCCC(=O)O.O=CC1CCCO1. The Labute approximate surface area is 166 Å². The summed E-state index contributed by atoms with van der Waals surface area (Å²) in [6.45, 7) is 3.03. The zero-order valence-electron chi connectivity index (χ0n) is 17.5.